The van der Waals surface area contributed by atoms with E-state index in [0.717, 1.165) is 19.3 Å². The van der Waals surface area contributed by atoms with E-state index in [1.165, 1.54) is 16.7 Å². The third-order valence-electron chi connectivity index (χ3n) is 2.95. The highest BCUT2D eigenvalue weighted by atomic mass is 32.2. The molecule has 1 rings (SSSR count). The third-order valence-corrected chi connectivity index (χ3v) is 3.63. The van der Waals surface area contributed by atoms with Gasteiger partial charge >= 0.3 is 0 Å². The van der Waals surface area contributed by atoms with Crippen LogP contribution in [0.5, 0.6) is 0 Å². The fraction of sp³-hybridized carbons (Fsp3) is 0.571. The highest BCUT2D eigenvalue weighted by molar-refractivity contribution is 7.85. The van der Waals surface area contributed by atoms with Crippen molar-refractivity contribution in [3.63, 3.8) is 0 Å². The van der Waals surface area contributed by atoms with E-state index >= 15 is 0 Å². The molecule has 108 valence electrons. The van der Waals surface area contributed by atoms with Gasteiger partial charge in [-0.05, 0) is 36.0 Å². The summed E-state index contributed by atoms with van der Waals surface area (Å²) in [5.41, 5.74) is 3.84. The Kier molecular flexibility index (Phi) is 6.48. The number of hydrogen-bond acceptors (Lipinski definition) is 3. The Hall–Kier alpha value is -0.910. The van der Waals surface area contributed by atoms with Crippen LogP contribution < -0.4 is 0 Å². The molecule has 0 radical (unpaired) electrons. The van der Waals surface area contributed by atoms with Crippen molar-refractivity contribution in [1.82, 2.24) is 0 Å². The molecule has 0 aliphatic rings. The van der Waals surface area contributed by atoms with Gasteiger partial charge in [0.2, 0.25) is 0 Å². The summed E-state index contributed by atoms with van der Waals surface area (Å²) in [6.45, 7) is 4.75. The lowest BCUT2D eigenvalue weighted by Crippen LogP contribution is -2.12. The first-order chi connectivity index (χ1) is 8.94. The molecule has 1 aromatic carbocycles. The summed E-state index contributed by atoms with van der Waals surface area (Å²) in [5.74, 6) is -0.345. The van der Waals surface area contributed by atoms with Crippen molar-refractivity contribution < 1.29 is 17.7 Å². The molecule has 0 heterocycles. The lowest BCUT2D eigenvalue weighted by atomic mass is 10.0. The highest BCUT2D eigenvalue weighted by Gasteiger charge is 2.04. The van der Waals surface area contributed by atoms with E-state index in [9.17, 15) is 8.42 Å². The van der Waals surface area contributed by atoms with Crippen LogP contribution in [0.25, 0.3) is 0 Å². The van der Waals surface area contributed by atoms with Gasteiger partial charge in [-0.2, -0.15) is 8.42 Å². The normalized spacial score (nSPS) is 11.7. The van der Waals surface area contributed by atoms with Crippen molar-refractivity contribution in [3.8, 4) is 0 Å². The van der Waals surface area contributed by atoms with Crippen molar-refractivity contribution in [3.05, 3.63) is 34.9 Å². The lowest BCUT2D eigenvalue weighted by Gasteiger charge is -2.08. The van der Waals surface area contributed by atoms with Crippen LogP contribution in [-0.4, -0.2) is 31.9 Å². The van der Waals surface area contributed by atoms with Crippen molar-refractivity contribution in [2.75, 3.05) is 19.0 Å². The Bertz CT molecular complexity index is 472. The van der Waals surface area contributed by atoms with Crippen molar-refractivity contribution in [2.45, 2.75) is 33.1 Å². The minimum absolute atomic E-state index is 0.0347. The Morgan fingerprint density at radius 3 is 2.00 bits per heavy atom. The molecule has 0 amide bonds. The SMILES string of the molecule is CCc1cc(CC)cc(CCOCCS(=O)(=O)O)c1. The van der Waals surface area contributed by atoms with Crippen LogP contribution in [0, 0.1) is 0 Å². The first-order valence-corrected chi connectivity index (χ1v) is 8.20. The highest BCUT2D eigenvalue weighted by Crippen LogP contribution is 2.12. The molecule has 0 atom stereocenters. The number of aryl methyl sites for hydroxylation is 2. The molecular weight excluding hydrogens is 264 g/mol. The molecule has 0 saturated heterocycles. The van der Waals surface area contributed by atoms with Crippen LogP contribution in [0.3, 0.4) is 0 Å². The van der Waals surface area contributed by atoms with Crippen molar-refractivity contribution >= 4 is 10.1 Å². The summed E-state index contributed by atoms with van der Waals surface area (Å²) >= 11 is 0. The zero-order valence-electron chi connectivity index (χ0n) is 11.6. The van der Waals surface area contributed by atoms with Gasteiger partial charge in [-0.3, -0.25) is 4.55 Å². The van der Waals surface area contributed by atoms with Crippen molar-refractivity contribution in [2.24, 2.45) is 0 Å². The van der Waals surface area contributed by atoms with Crippen molar-refractivity contribution in [1.29, 1.82) is 0 Å². The van der Waals surface area contributed by atoms with Crippen LogP contribution in [0.1, 0.15) is 30.5 Å². The minimum Gasteiger partial charge on any atom is -0.380 e. The van der Waals surface area contributed by atoms with Gasteiger partial charge in [0.05, 0.1) is 19.0 Å². The maximum absolute atomic E-state index is 10.5. The summed E-state index contributed by atoms with van der Waals surface area (Å²) in [7, 11) is -3.92. The zero-order valence-corrected chi connectivity index (χ0v) is 12.4. The molecule has 0 aliphatic carbocycles. The van der Waals surface area contributed by atoms with Crippen LogP contribution in [0.15, 0.2) is 18.2 Å². The summed E-state index contributed by atoms with van der Waals surface area (Å²) in [4.78, 5) is 0. The first kappa shape index (κ1) is 16.1. The van der Waals surface area contributed by atoms with Gasteiger partial charge in [-0.1, -0.05) is 32.0 Å². The van der Waals surface area contributed by atoms with Crippen LogP contribution in [0.4, 0.5) is 0 Å². The molecule has 1 aromatic rings. The Morgan fingerprint density at radius 1 is 1.00 bits per heavy atom. The predicted octanol–water partition coefficient (Wildman–Crippen LogP) is 2.26. The minimum atomic E-state index is -3.92. The van der Waals surface area contributed by atoms with Gasteiger partial charge < -0.3 is 4.74 Å². The van der Waals surface area contributed by atoms with Gasteiger partial charge in [0, 0.05) is 0 Å². The van der Waals surface area contributed by atoms with E-state index in [-0.39, 0.29) is 12.4 Å². The fourth-order valence-corrected chi connectivity index (χ4v) is 2.18. The number of hydrogen-bond donors (Lipinski definition) is 1. The molecule has 19 heavy (non-hydrogen) atoms. The summed E-state index contributed by atoms with van der Waals surface area (Å²) in [5, 5.41) is 0. The Labute approximate surface area is 115 Å². The zero-order chi connectivity index (χ0) is 14.3. The van der Waals surface area contributed by atoms with E-state index in [2.05, 4.69) is 32.0 Å². The average Bonchev–Trinajstić information content (AvgIpc) is 2.36. The predicted molar refractivity (Wildman–Crippen MR) is 76.1 cm³/mol. The molecule has 5 heteroatoms. The molecule has 4 nitrogen and oxygen atoms in total. The maximum Gasteiger partial charge on any atom is 0.267 e. The van der Waals surface area contributed by atoms with Crippen LogP contribution >= 0.6 is 0 Å². The van der Waals surface area contributed by atoms with Gasteiger partial charge in [-0.15, -0.1) is 0 Å². The van der Waals surface area contributed by atoms with E-state index in [1.807, 2.05) is 0 Å². The molecule has 0 aromatic heterocycles. The lowest BCUT2D eigenvalue weighted by molar-refractivity contribution is 0.151. The average molecular weight is 286 g/mol. The van der Waals surface area contributed by atoms with E-state index in [0.29, 0.717) is 6.61 Å². The number of ether oxygens (including phenoxy) is 1. The second kappa shape index (κ2) is 7.62. The van der Waals surface area contributed by atoms with E-state index in [1.54, 1.807) is 0 Å². The fourth-order valence-electron chi connectivity index (χ4n) is 1.85. The monoisotopic (exact) mass is 286 g/mol. The van der Waals surface area contributed by atoms with E-state index < -0.39 is 10.1 Å². The molecule has 1 N–H and O–H groups in total. The second-order valence-corrected chi connectivity index (χ2v) is 6.09. The van der Waals surface area contributed by atoms with Crippen LogP contribution in [-0.2, 0) is 34.1 Å². The van der Waals surface area contributed by atoms with Gasteiger partial charge in [0.15, 0.2) is 0 Å². The number of rotatable bonds is 8. The van der Waals surface area contributed by atoms with Gasteiger partial charge in [0.1, 0.15) is 0 Å². The quantitative estimate of drug-likeness (QED) is 0.588. The topological polar surface area (TPSA) is 63.6 Å². The summed E-state index contributed by atoms with van der Waals surface area (Å²) < 4.78 is 34.8. The first-order valence-electron chi connectivity index (χ1n) is 6.59. The maximum atomic E-state index is 10.5. The summed E-state index contributed by atoms with van der Waals surface area (Å²) in [6.07, 6.45) is 2.77. The standard InChI is InChI=1S/C14H22O4S/c1-3-12-9-13(4-2)11-14(10-12)5-6-18-7-8-19(15,16)17/h9-11H,3-8H2,1-2H3,(H,15,16,17). The van der Waals surface area contributed by atoms with Gasteiger partial charge in [0.25, 0.3) is 10.1 Å². The second-order valence-electron chi connectivity index (χ2n) is 4.51. The molecular formula is C14H22O4S. The molecule has 0 aliphatic heterocycles. The Morgan fingerprint density at radius 2 is 1.53 bits per heavy atom. The summed E-state index contributed by atoms with van der Waals surface area (Å²) in [6, 6.07) is 6.53. The molecule has 0 fully saturated rings. The smallest absolute Gasteiger partial charge is 0.267 e. The molecule has 0 spiro atoms. The molecule has 0 bridgehead atoms. The third kappa shape index (κ3) is 6.71. The molecule has 0 saturated carbocycles. The van der Waals surface area contributed by atoms with Crippen LogP contribution in [0.2, 0.25) is 0 Å². The number of benzene rings is 1. The van der Waals surface area contributed by atoms with Gasteiger partial charge in [-0.25, -0.2) is 0 Å². The largest absolute Gasteiger partial charge is 0.380 e. The Balaban J connectivity index is 2.44. The van der Waals surface area contributed by atoms with E-state index in [4.69, 9.17) is 9.29 Å². The molecule has 0 unspecified atom stereocenters.